The Balaban J connectivity index is 2.17. The molecule has 0 bridgehead atoms. The lowest BCUT2D eigenvalue weighted by Crippen LogP contribution is -1.91. The van der Waals surface area contributed by atoms with Crippen molar-refractivity contribution < 1.29 is 9.21 Å². The van der Waals surface area contributed by atoms with Crippen LogP contribution in [-0.4, -0.2) is 5.78 Å². The SMILES string of the molecule is Cc1ccc(C(=O)C=Cc2ccccc2C)o1. The molecule has 2 nitrogen and oxygen atoms in total. The molecule has 0 aliphatic heterocycles. The van der Waals surface area contributed by atoms with E-state index in [-0.39, 0.29) is 5.78 Å². The van der Waals surface area contributed by atoms with Crippen LogP contribution < -0.4 is 0 Å². The van der Waals surface area contributed by atoms with Gasteiger partial charge >= 0.3 is 0 Å². The Morgan fingerprint density at radius 1 is 1.12 bits per heavy atom. The van der Waals surface area contributed by atoms with Gasteiger partial charge in [-0.2, -0.15) is 0 Å². The lowest BCUT2D eigenvalue weighted by molar-refractivity contribution is 0.102. The number of carbonyl (C=O) groups excluding carboxylic acids is 1. The molecule has 0 radical (unpaired) electrons. The van der Waals surface area contributed by atoms with Crippen molar-refractivity contribution in [2.45, 2.75) is 13.8 Å². The molecule has 1 heterocycles. The summed E-state index contributed by atoms with van der Waals surface area (Å²) in [6.45, 7) is 3.84. The summed E-state index contributed by atoms with van der Waals surface area (Å²) in [4.78, 5) is 11.8. The van der Waals surface area contributed by atoms with Crippen LogP contribution >= 0.6 is 0 Å². The summed E-state index contributed by atoms with van der Waals surface area (Å²) < 4.78 is 5.26. The average molecular weight is 226 g/mol. The van der Waals surface area contributed by atoms with Gasteiger partial charge in [0.05, 0.1) is 0 Å². The molecule has 86 valence electrons. The van der Waals surface area contributed by atoms with Gasteiger partial charge in [0.1, 0.15) is 5.76 Å². The lowest BCUT2D eigenvalue weighted by Gasteiger charge is -1.97. The summed E-state index contributed by atoms with van der Waals surface area (Å²) in [7, 11) is 0. The Bertz CT molecular complexity index is 562. The zero-order valence-corrected chi connectivity index (χ0v) is 9.94. The van der Waals surface area contributed by atoms with E-state index in [1.807, 2.05) is 44.2 Å². The molecule has 0 atom stereocenters. The van der Waals surface area contributed by atoms with E-state index in [0.717, 1.165) is 16.9 Å². The maximum Gasteiger partial charge on any atom is 0.221 e. The Hall–Kier alpha value is -2.09. The van der Waals surface area contributed by atoms with E-state index < -0.39 is 0 Å². The zero-order valence-electron chi connectivity index (χ0n) is 9.94. The van der Waals surface area contributed by atoms with Crippen molar-refractivity contribution in [2.24, 2.45) is 0 Å². The standard InChI is InChI=1S/C15H14O2/c1-11-5-3-4-6-13(11)8-9-14(16)15-10-7-12(2)17-15/h3-10H,1-2H3. The third-order valence-corrected chi connectivity index (χ3v) is 2.59. The number of rotatable bonds is 3. The number of furan rings is 1. The zero-order chi connectivity index (χ0) is 12.3. The van der Waals surface area contributed by atoms with Crippen LogP contribution in [0, 0.1) is 13.8 Å². The second kappa shape index (κ2) is 4.83. The number of benzene rings is 1. The van der Waals surface area contributed by atoms with E-state index in [1.54, 1.807) is 18.2 Å². The minimum Gasteiger partial charge on any atom is -0.458 e. The van der Waals surface area contributed by atoms with Crippen molar-refractivity contribution in [3.63, 3.8) is 0 Å². The third kappa shape index (κ3) is 2.72. The van der Waals surface area contributed by atoms with Gasteiger partial charge in [-0.15, -0.1) is 0 Å². The highest BCUT2D eigenvalue weighted by Crippen LogP contribution is 2.11. The fraction of sp³-hybridized carbons (Fsp3) is 0.133. The highest BCUT2D eigenvalue weighted by molar-refractivity contribution is 6.04. The van der Waals surface area contributed by atoms with Crippen molar-refractivity contribution in [3.05, 3.63) is 65.1 Å². The van der Waals surface area contributed by atoms with Gasteiger partial charge in [-0.05, 0) is 43.2 Å². The molecule has 0 amide bonds. The first-order valence-electron chi connectivity index (χ1n) is 5.51. The first-order valence-corrected chi connectivity index (χ1v) is 5.51. The van der Waals surface area contributed by atoms with Gasteiger partial charge in [-0.1, -0.05) is 30.3 Å². The molecule has 17 heavy (non-hydrogen) atoms. The van der Waals surface area contributed by atoms with E-state index in [2.05, 4.69) is 0 Å². The molecule has 0 saturated heterocycles. The van der Waals surface area contributed by atoms with Crippen LogP contribution in [0.5, 0.6) is 0 Å². The highest BCUT2D eigenvalue weighted by atomic mass is 16.3. The molecule has 0 fully saturated rings. The van der Waals surface area contributed by atoms with E-state index >= 15 is 0 Å². The summed E-state index contributed by atoms with van der Waals surface area (Å²) in [5, 5.41) is 0. The Kier molecular flexibility index (Phi) is 3.24. The van der Waals surface area contributed by atoms with Gasteiger partial charge in [-0.3, -0.25) is 4.79 Å². The Morgan fingerprint density at radius 3 is 2.53 bits per heavy atom. The molecule has 2 aromatic rings. The van der Waals surface area contributed by atoms with Crippen molar-refractivity contribution in [3.8, 4) is 0 Å². The van der Waals surface area contributed by atoms with Crippen LogP contribution in [0.4, 0.5) is 0 Å². The molecular weight excluding hydrogens is 212 g/mol. The van der Waals surface area contributed by atoms with Gasteiger partial charge in [-0.25, -0.2) is 0 Å². The van der Waals surface area contributed by atoms with Crippen LogP contribution in [0.3, 0.4) is 0 Å². The van der Waals surface area contributed by atoms with Crippen molar-refractivity contribution in [1.29, 1.82) is 0 Å². The largest absolute Gasteiger partial charge is 0.458 e. The number of carbonyl (C=O) groups is 1. The number of hydrogen-bond donors (Lipinski definition) is 0. The number of ketones is 1. The molecule has 1 aromatic heterocycles. The molecule has 0 aliphatic carbocycles. The van der Waals surface area contributed by atoms with E-state index in [4.69, 9.17) is 4.42 Å². The second-order valence-electron chi connectivity index (χ2n) is 3.96. The Labute approximate surface area is 101 Å². The average Bonchev–Trinajstić information content (AvgIpc) is 2.74. The van der Waals surface area contributed by atoms with Gasteiger partial charge in [0, 0.05) is 0 Å². The summed E-state index contributed by atoms with van der Waals surface area (Å²) in [6.07, 6.45) is 3.36. The van der Waals surface area contributed by atoms with Crippen LogP contribution in [0.2, 0.25) is 0 Å². The quantitative estimate of drug-likeness (QED) is 0.588. The van der Waals surface area contributed by atoms with Gasteiger partial charge in [0.15, 0.2) is 5.76 Å². The fourth-order valence-electron chi connectivity index (χ4n) is 1.59. The molecule has 2 heteroatoms. The predicted molar refractivity (Wildman–Crippen MR) is 68.0 cm³/mol. The summed E-state index contributed by atoms with van der Waals surface area (Å²) in [5.74, 6) is 1.02. The van der Waals surface area contributed by atoms with E-state index in [0.29, 0.717) is 5.76 Å². The minimum atomic E-state index is -0.110. The maximum absolute atomic E-state index is 11.8. The lowest BCUT2D eigenvalue weighted by atomic mass is 10.1. The first-order chi connectivity index (χ1) is 8.16. The minimum absolute atomic E-state index is 0.110. The molecule has 0 saturated carbocycles. The first kappa shape index (κ1) is 11.4. The predicted octanol–water partition coefficient (Wildman–Crippen LogP) is 3.79. The smallest absolute Gasteiger partial charge is 0.221 e. The second-order valence-corrected chi connectivity index (χ2v) is 3.96. The molecule has 2 rings (SSSR count). The normalized spacial score (nSPS) is 10.9. The topological polar surface area (TPSA) is 30.2 Å². The fourth-order valence-corrected chi connectivity index (χ4v) is 1.59. The third-order valence-electron chi connectivity index (χ3n) is 2.59. The Morgan fingerprint density at radius 2 is 1.88 bits per heavy atom. The van der Waals surface area contributed by atoms with Gasteiger partial charge in [0.25, 0.3) is 0 Å². The maximum atomic E-state index is 11.8. The van der Waals surface area contributed by atoms with E-state index in [1.165, 1.54) is 0 Å². The van der Waals surface area contributed by atoms with E-state index in [9.17, 15) is 4.79 Å². The monoisotopic (exact) mass is 226 g/mol. The van der Waals surface area contributed by atoms with Crippen LogP contribution in [0.1, 0.15) is 27.4 Å². The summed E-state index contributed by atoms with van der Waals surface area (Å²) in [6, 6.07) is 11.4. The van der Waals surface area contributed by atoms with Crippen LogP contribution in [-0.2, 0) is 0 Å². The number of allylic oxidation sites excluding steroid dienone is 1. The van der Waals surface area contributed by atoms with Crippen LogP contribution in [0.25, 0.3) is 6.08 Å². The molecule has 0 spiro atoms. The van der Waals surface area contributed by atoms with Crippen molar-refractivity contribution in [2.75, 3.05) is 0 Å². The summed E-state index contributed by atoms with van der Waals surface area (Å²) in [5.41, 5.74) is 2.19. The summed E-state index contributed by atoms with van der Waals surface area (Å²) >= 11 is 0. The molecular formula is C15H14O2. The molecule has 0 aliphatic rings. The number of aryl methyl sites for hydroxylation is 2. The van der Waals surface area contributed by atoms with Gasteiger partial charge in [0.2, 0.25) is 5.78 Å². The molecule has 1 aromatic carbocycles. The van der Waals surface area contributed by atoms with Crippen LogP contribution in [0.15, 0.2) is 46.9 Å². The van der Waals surface area contributed by atoms with Crippen molar-refractivity contribution in [1.82, 2.24) is 0 Å². The molecule has 0 N–H and O–H groups in total. The number of hydrogen-bond acceptors (Lipinski definition) is 2. The highest BCUT2D eigenvalue weighted by Gasteiger charge is 2.05. The van der Waals surface area contributed by atoms with Gasteiger partial charge < -0.3 is 4.42 Å². The van der Waals surface area contributed by atoms with Crippen molar-refractivity contribution >= 4 is 11.9 Å². The molecule has 0 unspecified atom stereocenters.